The number of carbonyl (C=O) groups is 1. The molecule has 1 saturated carbocycles. The Kier molecular flexibility index (Phi) is 1.96. The highest BCUT2D eigenvalue weighted by atomic mass is 16.4. The van der Waals surface area contributed by atoms with Gasteiger partial charge in [-0.2, -0.15) is 0 Å². The molecule has 0 spiro atoms. The number of aliphatic carboxylic acids is 1. The van der Waals surface area contributed by atoms with Crippen LogP contribution in [0, 0.1) is 5.41 Å². The lowest BCUT2D eigenvalue weighted by Gasteiger charge is -2.17. The molecular formula is C12H14O4. The van der Waals surface area contributed by atoms with Crippen LogP contribution < -0.4 is 0 Å². The Hall–Kier alpha value is -1.71. The van der Waals surface area contributed by atoms with E-state index in [1.54, 1.807) is 0 Å². The highest BCUT2D eigenvalue weighted by molar-refractivity contribution is 5.88. The Morgan fingerprint density at radius 2 is 1.88 bits per heavy atom. The van der Waals surface area contributed by atoms with E-state index in [0.29, 0.717) is 12.0 Å². The van der Waals surface area contributed by atoms with Crippen LogP contribution in [0.15, 0.2) is 18.2 Å². The minimum absolute atomic E-state index is 0.0314. The van der Waals surface area contributed by atoms with Gasteiger partial charge in [-0.15, -0.1) is 0 Å². The lowest BCUT2D eigenvalue weighted by Crippen LogP contribution is -2.25. The molecule has 4 heteroatoms. The molecule has 1 fully saturated rings. The molecule has 4 nitrogen and oxygen atoms in total. The Balaban J connectivity index is 2.59. The molecule has 3 N–H and O–H groups in total. The number of benzene rings is 1. The van der Waals surface area contributed by atoms with E-state index < -0.39 is 16.8 Å². The zero-order valence-electron chi connectivity index (χ0n) is 9.19. The number of hydrogen-bond donors (Lipinski definition) is 3. The maximum Gasteiger partial charge on any atom is 0.314 e. The summed E-state index contributed by atoms with van der Waals surface area (Å²) in [5, 5.41) is 28.4. The first-order valence-corrected chi connectivity index (χ1v) is 5.07. The summed E-state index contributed by atoms with van der Waals surface area (Å²) in [6.45, 7) is 3.68. The van der Waals surface area contributed by atoms with Crippen LogP contribution in [-0.2, 0) is 10.2 Å². The third-order valence-corrected chi connectivity index (χ3v) is 3.54. The second kappa shape index (κ2) is 2.90. The Morgan fingerprint density at radius 1 is 1.31 bits per heavy atom. The topological polar surface area (TPSA) is 77.8 Å². The largest absolute Gasteiger partial charge is 0.508 e. The molecule has 0 aliphatic heterocycles. The van der Waals surface area contributed by atoms with Crippen molar-refractivity contribution >= 4 is 5.97 Å². The first kappa shape index (κ1) is 10.8. The van der Waals surface area contributed by atoms with Crippen molar-refractivity contribution in [1.82, 2.24) is 0 Å². The number of phenolic OH excluding ortho intramolecular Hbond substituents is 2. The highest BCUT2D eigenvalue weighted by Crippen LogP contribution is 2.66. The van der Waals surface area contributed by atoms with Crippen molar-refractivity contribution in [3.63, 3.8) is 0 Å². The minimum Gasteiger partial charge on any atom is -0.508 e. The molecule has 1 atom stereocenters. The number of phenols is 2. The van der Waals surface area contributed by atoms with Crippen molar-refractivity contribution < 1.29 is 20.1 Å². The molecule has 1 aliphatic rings. The van der Waals surface area contributed by atoms with Gasteiger partial charge < -0.3 is 15.3 Å². The third-order valence-electron chi connectivity index (χ3n) is 3.54. The summed E-state index contributed by atoms with van der Waals surface area (Å²) in [6.07, 6.45) is 0.465. The van der Waals surface area contributed by atoms with Crippen molar-refractivity contribution in [3.05, 3.63) is 23.8 Å². The monoisotopic (exact) mass is 222 g/mol. The zero-order valence-corrected chi connectivity index (χ0v) is 9.19. The fourth-order valence-electron chi connectivity index (χ4n) is 2.42. The number of carboxylic acid groups (broad SMARTS) is 1. The fraction of sp³-hybridized carbons (Fsp3) is 0.417. The molecule has 1 unspecified atom stereocenters. The van der Waals surface area contributed by atoms with E-state index in [1.807, 2.05) is 13.8 Å². The molecule has 2 rings (SSSR count). The van der Waals surface area contributed by atoms with Crippen molar-refractivity contribution in [1.29, 1.82) is 0 Å². The Bertz CT molecular complexity index is 464. The lowest BCUT2D eigenvalue weighted by atomic mass is 9.87. The van der Waals surface area contributed by atoms with Gasteiger partial charge in [0.1, 0.15) is 16.9 Å². The maximum atomic E-state index is 11.4. The van der Waals surface area contributed by atoms with E-state index in [2.05, 4.69) is 0 Å². The van der Waals surface area contributed by atoms with Gasteiger partial charge >= 0.3 is 5.97 Å². The SMILES string of the molecule is CC1(C)CC1(C(=O)O)c1cc(O)ccc1O. The number of aromatic hydroxyl groups is 2. The van der Waals surface area contributed by atoms with Crippen molar-refractivity contribution in [2.24, 2.45) is 5.41 Å². The molecule has 0 aromatic heterocycles. The summed E-state index contributed by atoms with van der Waals surface area (Å²) in [5.41, 5.74) is -1.18. The molecule has 1 aromatic carbocycles. The summed E-state index contributed by atoms with van der Waals surface area (Å²) >= 11 is 0. The lowest BCUT2D eigenvalue weighted by molar-refractivity contribution is -0.141. The average molecular weight is 222 g/mol. The molecule has 0 heterocycles. The van der Waals surface area contributed by atoms with Gasteiger partial charge in [0, 0.05) is 5.56 Å². The van der Waals surface area contributed by atoms with Crippen LogP contribution in [0.1, 0.15) is 25.8 Å². The number of carboxylic acids is 1. The molecule has 0 amide bonds. The zero-order chi connectivity index (χ0) is 12.1. The van der Waals surface area contributed by atoms with E-state index in [0.717, 1.165) is 0 Å². The van der Waals surface area contributed by atoms with Crippen molar-refractivity contribution in [2.75, 3.05) is 0 Å². The first-order chi connectivity index (χ1) is 7.31. The van der Waals surface area contributed by atoms with Gasteiger partial charge in [-0.05, 0) is 30.0 Å². The normalized spacial score (nSPS) is 26.4. The molecule has 86 valence electrons. The second-order valence-electron chi connectivity index (χ2n) is 4.97. The van der Waals surface area contributed by atoms with Crippen molar-refractivity contribution in [2.45, 2.75) is 25.7 Å². The first-order valence-electron chi connectivity index (χ1n) is 5.07. The summed E-state index contributed by atoms with van der Waals surface area (Å²) in [6, 6.07) is 3.99. The van der Waals surface area contributed by atoms with Crippen LogP contribution in [0.4, 0.5) is 0 Å². The van der Waals surface area contributed by atoms with Gasteiger partial charge in [0.15, 0.2) is 0 Å². The maximum absolute atomic E-state index is 11.4. The average Bonchev–Trinajstić information content (AvgIpc) is 2.75. The van der Waals surface area contributed by atoms with Gasteiger partial charge in [-0.25, -0.2) is 0 Å². The van der Waals surface area contributed by atoms with Gasteiger partial charge in [-0.3, -0.25) is 4.79 Å². The van der Waals surface area contributed by atoms with Gasteiger partial charge in [-0.1, -0.05) is 13.8 Å². The fourth-order valence-corrected chi connectivity index (χ4v) is 2.42. The van der Waals surface area contributed by atoms with Crippen LogP contribution in [-0.4, -0.2) is 21.3 Å². The third kappa shape index (κ3) is 1.19. The number of rotatable bonds is 2. The van der Waals surface area contributed by atoms with Gasteiger partial charge in [0.2, 0.25) is 0 Å². The summed E-state index contributed by atoms with van der Waals surface area (Å²) in [7, 11) is 0. The summed E-state index contributed by atoms with van der Waals surface area (Å²) in [4.78, 5) is 11.4. The summed E-state index contributed by atoms with van der Waals surface area (Å²) < 4.78 is 0. The molecule has 0 saturated heterocycles. The van der Waals surface area contributed by atoms with E-state index in [1.165, 1.54) is 18.2 Å². The quantitative estimate of drug-likeness (QED) is 0.667. The van der Waals surface area contributed by atoms with Crippen molar-refractivity contribution in [3.8, 4) is 11.5 Å². The van der Waals surface area contributed by atoms with Crippen LogP contribution in [0.2, 0.25) is 0 Å². The predicted octanol–water partition coefficient (Wildman–Crippen LogP) is 1.85. The van der Waals surface area contributed by atoms with E-state index in [-0.39, 0.29) is 11.5 Å². The summed E-state index contributed by atoms with van der Waals surface area (Å²) in [5.74, 6) is -1.07. The standard InChI is InChI=1S/C12H14O4/c1-11(2)6-12(11,10(15)16)8-5-7(13)3-4-9(8)14/h3-5,13-14H,6H2,1-2H3,(H,15,16). The van der Waals surface area contributed by atoms with E-state index in [9.17, 15) is 20.1 Å². The molecule has 1 aromatic rings. The Labute approximate surface area is 93.2 Å². The molecule has 16 heavy (non-hydrogen) atoms. The Morgan fingerprint density at radius 3 is 2.31 bits per heavy atom. The smallest absolute Gasteiger partial charge is 0.314 e. The predicted molar refractivity (Wildman–Crippen MR) is 57.5 cm³/mol. The van der Waals surface area contributed by atoms with Crippen LogP contribution >= 0.6 is 0 Å². The van der Waals surface area contributed by atoms with E-state index >= 15 is 0 Å². The van der Waals surface area contributed by atoms with E-state index in [4.69, 9.17) is 0 Å². The number of hydrogen-bond acceptors (Lipinski definition) is 3. The van der Waals surface area contributed by atoms with Gasteiger partial charge in [0.05, 0.1) is 0 Å². The van der Waals surface area contributed by atoms with Crippen LogP contribution in [0.3, 0.4) is 0 Å². The molecule has 0 radical (unpaired) electrons. The second-order valence-corrected chi connectivity index (χ2v) is 4.97. The molecular weight excluding hydrogens is 208 g/mol. The minimum atomic E-state index is -1.07. The molecule has 1 aliphatic carbocycles. The van der Waals surface area contributed by atoms with Crippen LogP contribution in [0.25, 0.3) is 0 Å². The molecule has 0 bridgehead atoms. The van der Waals surface area contributed by atoms with Crippen LogP contribution in [0.5, 0.6) is 11.5 Å². The highest BCUT2D eigenvalue weighted by Gasteiger charge is 2.68. The van der Waals surface area contributed by atoms with Gasteiger partial charge in [0.25, 0.3) is 0 Å².